The van der Waals surface area contributed by atoms with Gasteiger partial charge in [-0.25, -0.2) is 9.48 Å². The highest BCUT2D eigenvalue weighted by atomic mass is 28.3. The van der Waals surface area contributed by atoms with Gasteiger partial charge in [-0.3, -0.25) is 19.3 Å². The molecular formula is C42H62N14O6Si. The number of H-pyrrole nitrogens is 1. The van der Waals surface area contributed by atoms with E-state index in [-0.39, 0.29) is 34.5 Å². The third-order valence-corrected chi connectivity index (χ3v) is 12.9. The highest BCUT2D eigenvalue weighted by Crippen LogP contribution is 2.37. The monoisotopic (exact) mass is 886 g/mol. The zero-order chi connectivity index (χ0) is 45.9. The Kier molecular flexibility index (Phi) is 13.9. The first-order valence-corrected chi connectivity index (χ1v) is 25.0. The van der Waals surface area contributed by atoms with Crippen LogP contribution >= 0.6 is 0 Å². The number of carboxylic acid groups (broad SMARTS) is 1. The number of carbonyl (C=O) groups excluding carboxylic acids is 1. The number of nitrogen functional groups attached to an aromatic ring is 1. The number of aromatic nitrogens is 12. The first kappa shape index (κ1) is 46.5. The number of carbonyl (C=O) groups is 2. The molecule has 8 rings (SSSR count). The Balaban J connectivity index is 0.000000165. The molecule has 0 fully saturated rings. The summed E-state index contributed by atoms with van der Waals surface area (Å²) in [6.45, 7) is 24.2. The Morgan fingerprint density at radius 3 is 2.03 bits per heavy atom. The molecule has 1 amide bonds. The van der Waals surface area contributed by atoms with Crippen LogP contribution in [0.5, 0.6) is 0 Å². The van der Waals surface area contributed by atoms with Gasteiger partial charge in [0, 0.05) is 63.4 Å². The Labute approximate surface area is 367 Å². The largest absolute Gasteiger partial charge is 0.476 e. The predicted octanol–water partition coefficient (Wildman–Crippen LogP) is 6.85. The lowest BCUT2D eigenvalue weighted by Gasteiger charge is -2.30. The minimum Gasteiger partial charge on any atom is -0.476 e. The molecule has 63 heavy (non-hydrogen) atoms. The lowest BCUT2D eigenvalue weighted by Crippen LogP contribution is -2.25. The summed E-state index contributed by atoms with van der Waals surface area (Å²) in [5, 5.41) is 47.7. The fraction of sp³-hybridized carbons (Fsp3) is 0.571. The fourth-order valence-electron chi connectivity index (χ4n) is 7.40. The van der Waals surface area contributed by atoms with Crippen LogP contribution in [0, 0.1) is 24.7 Å². The summed E-state index contributed by atoms with van der Waals surface area (Å²) in [6, 6.07) is 0.791. The van der Waals surface area contributed by atoms with Crippen LogP contribution in [0.15, 0.2) is 33.6 Å². The van der Waals surface area contributed by atoms with Crippen LogP contribution in [0.1, 0.15) is 134 Å². The highest BCUT2D eigenvalue weighted by Gasteiger charge is 2.33. The van der Waals surface area contributed by atoms with E-state index in [0.717, 1.165) is 73.7 Å². The standard InChI is InChI=1S/C18H23N7O2.C16H28N2O3Si.C8H11N5O/c1-10(17-24-21-11(2)27-17)25-9-12(8-19-25)20-16(26)15-13-5-6-18(3,4)7-14(13)22-23-15;1-16(2)7-6-12-13(10-16)18(17-14(12)15(19)20)11-21-8-9-22(3,4)5;1-5(8-12-11-6(2)14-8)13-4-7(9)3-10-13/h8-10H,5-7H2,1-4H3,(H,20,26)(H,22,23);6-11H2,1-5H3,(H,19,20);3-5H,9H2,1-2H3. The average Bonchev–Trinajstić information content (AvgIpc) is 4.06. The van der Waals surface area contributed by atoms with E-state index in [0.29, 0.717) is 47.4 Å². The molecule has 20 nitrogen and oxygen atoms in total. The van der Waals surface area contributed by atoms with E-state index in [4.69, 9.17) is 19.3 Å². The molecule has 0 radical (unpaired) electrons. The van der Waals surface area contributed by atoms with Crippen LogP contribution < -0.4 is 11.1 Å². The summed E-state index contributed by atoms with van der Waals surface area (Å²) in [7, 11) is -1.11. The molecule has 0 spiro atoms. The van der Waals surface area contributed by atoms with Crippen molar-refractivity contribution in [3.05, 3.63) is 82.3 Å². The third-order valence-electron chi connectivity index (χ3n) is 11.2. The molecule has 6 aromatic heterocycles. The van der Waals surface area contributed by atoms with Crippen molar-refractivity contribution in [3.63, 3.8) is 0 Å². The molecule has 2 aliphatic rings. The topological polar surface area (TPSA) is 262 Å². The minimum atomic E-state index is -1.11. The number of ether oxygens (including phenoxy) is 1. The number of carboxylic acids is 1. The van der Waals surface area contributed by atoms with E-state index < -0.39 is 14.0 Å². The van der Waals surface area contributed by atoms with E-state index in [1.54, 1.807) is 52.7 Å². The van der Waals surface area contributed by atoms with Crippen molar-refractivity contribution in [1.29, 1.82) is 0 Å². The molecule has 5 N–H and O–H groups in total. The van der Waals surface area contributed by atoms with E-state index in [1.807, 2.05) is 13.8 Å². The zero-order valence-electron chi connectivity index (χ0n) is 38.3. The molecule has 21 heteroatoms. The van der Waals surface area contributed by atoms with Crippen LogP contribution in [-0.4, -0.2) is 91.6 Å². The summed E-state index contributed by atoms with van der Waals surface area (Å²) in [4.78, 5) is 24.1. The van der Waals surface area contributed by atoms with Gasteiger partial charge < -0.3 is 29.7 Å². The lowest BCUT2D eigenvalue weighted by molar-refractivity contribution is 0.0667. The van der Waals surface area contributed by atoms with Crippen molar-refractivity contribution < 1.29 is 28.3 Å². The van der Waals surface area contributed by atoms with E-state index in [1.165, 1.54) is 0 Å². The first-order valence-electron chi connectivity index (χ1n) is 21.3. The molecule has 0 saturated heterocycles. The number of hydrogen-bond donors (Lipinski definition) is 4. The molecule has 6 heterocycles. The van der Waals surface area contributed by atoms with E-state index in [2.05, 4.69) is 98.5 Å². The van der Waals surface area contributed by atoms with Gasteiger partial charge in [0.1, 0.15) is 18.8 Å². The number of anilines is 2. The number of hydrogen-bond acceptors (Lipinski definition) is 14. The Morgan fingerprint density at radius 2 is 1.48 bits per heavy atom. The minimum absolute atomic E-state index is 0.0894. The van der Waals surface area contributed by atoms with E-state index >= 15 is 0 Å². The maximum atomic E-state index is 12.7. The Bertz CT molecular complexity index is 2460. The van der Waals surface area contributed by atoms with Gasteiger partial charge in [-0.05, 0) is 69.2 Å². The molecule has 0 aromatic carbocycles. The summed E-state index contributed by atoms with van der Waals surface area (Å²) in [5.41, 5.74) is 11.9. The second kappa shape index (κ2) is 18.8. The number of nitrogens with one attached hydrogen (secondary N) is 2. The number of aryl methyl sites for hydroxylation is 2. The number of amides is 1. The normalized spacial score (nSPS) is 16.1. The van der Waals surface area contributed by atoms with Gasteiger partial charge >= 0.3 is 5.97 Å². The van der Waals surface area contributed by atoms with Crippen molar-refractivity contribution in [2.75, 3.05) is 17.7 Å². The lowest BCUT2D eigenvalue weighted by atomic mass is 9.76. The predicted molar refractivity (Wildman–Crippen MR) is 236 cm³/mol. The van der Waals surface area contributed by atoms with E-state index in [9.17, 15) is 14.7 Å². The van der Waals surface area contributed by atoms with Crippen LogP contribution in [0.3, 0.4) is 0 Å². The van der Waals surface area contributed by atoms with Gasteiger partial charge in [0.25, 0.3) is 5.91 Å². The number of aromatic amines is 1. The molecule has 2 atom stereocenters. The van der Waals surface area contributed by atoms with Gasteiger partial charge in [-0.1, -0.05) is 47.3 Å². The third kappa shape index (κ3) is 11.9. The van der Waals surface area contributed by atoms with Crippen LogP contribution in [0.2, 0.25) is 25.7 Å². The van der Waals surface area contributed by atoms with Gasteiger partial charge in [-0.15, -0.1) is 20.4 Å². The second-order valence-electron chi connectivity index (χ2n) is 19.2. The molecule has 0 bridgehead atoms. The number of nitrogens with two attached hydrogens (primary N) is 1. The molecule has 340 valence electrons. The highest BCUT2D eigenvalue weighted by molar-refractivity contribution is 6.76. The van der Waals surface area contributed by atoms with Crippen molar-refractivity contribution in [2.24, 2.45) is 10.8 Å². The Morgan fingerprint density at radius 1 is 0.889 bits per heavy atom. The number of fused-ring (bicyclic) bond motifs is 2. The summed E-state index contributed by atoms with van der Waals surface area (Å²) in [6.07, 6.45) is 12.1. The van der Waals surface area contributed by atoms with Crippen molar-refractivity contribution in [1.82, 2.24) is 59.9 Å². The van der Waals surface area contributed by atoms with Gasteiger partial charge in [-0.2, -0.15) is 20.4 Å². The van der Waals surface area contributed by atoms with Crippen LogP contribution in [-0.2, 0) is 37.2 Å². The SMILES string of the molecule is CC1(C)CCc2c(C(=O)O)nn(COCC[Si](C)(C)C)c2C1.Cc1nnc(C(C)n2cc(N)cn2)o1.Cc1nnc(C(C)n2cc(NC(=O)c3n[nH]c4c3CCC(C)(C)C4)cn2)o1. The summed E-state index contributed by atoms with van der Waals surface area (Å²) < 4.78 is 21.6. The smallest absolute Gasteiger partial charge is 0.356 e. The van der Waals surface area contributed by atoms with Crippen molar-refractivity contribution in [2.45, 2.75) is 138 Å². The molecule has 2 unspecified atom stereocenters. The van der Waals surface area contributed by atoms with Crippen LogP contribution in [0.25, 0.3) is 0 Å². The number of aromatic carboxylic acids is 1. The van der Waals surface area contributed by atoms with Crippen LogP contribution in [0.4, 0.5) is 11.4 Å². The first-order chi connectivity index (χ1) is 29.6. The molecule has 0 saturated carbocycles. The maximum Gasteiger partial charge on any atom is 0.356 e. The van der Waals surface area contributed by atoms with Gasteiger partial charge in [0.05, 0.1) is 23.8 Å². The van der Waals surface area contributed by atoms with Gasteiger partial charge in [0.2, 0.25) is 23.6 Å². The van der Waals surface area contributed by atoms with Crippen molar-refractivity contribution >= 4 is 31.3 Å². The summed E-state index contributed by atoms with van der Waals surface area (Å²) in [5.74, 6) is 0.893. The Hall–Kier alpha value is -5.96. The van der Waals surface area contributed by atoms with Gasteiger partial charge in [0.15, 0.2) is 11.4 Å². The second-order valence-corrected chi connectivity index (χ2v) is 24.8. The average molecular weight is 887 g/mol. The molecule has 6 aromatic rings. The quantitative estimate of drug-likeness (QED) is 0.0723. The molecule has 2 aliphatic carbocycles. The number of rotatable bonds is 12. The zero-order valence-corrected chi connectivity index (χ0v) is 39.3. The number of nitrogens with zero attached hydrogens (tertiary/aromatic N) is 11. The maximum absolute atomic E-state index is 12.7. The molecular weight excluding hydrogens is 825 g/mol. The summed E-state index contributed by atoms with van der Waals surface area (Å²) >= 11 is 0. The molecule has 0 aliphatic heterocycles. The fourth-order valence-corrected chi connectivity index (χ4v) is 8.16. The van der Waals surface area contributed by atoms with Crippen molar-refractivity contribution in [3.8, 4) is 0 Å².